The number of ketones is 1. The quantitative estimate of drug-likeness (QED) is 0.886. The van der Waals surface area contributed by atoms with Crippen LogP contribution in [0.5, 0.6) is 5.75 Å². The Bertz CT molecular complexity index is 692. The van der Waals surface area contributed by atoms with Crippen molar-refractivity contribution in [2.45, 2.75) is 19.4 Å². The Morgan fingerprint density at radius 2 is 1.95 bits per heavy atom. The van der Waals surface area contributed by atoms with Crippen LogP contribution in [0.2, 0.25) is 0 Å². The van der Waals surface area contributed by atoms with E-state index in [9.17, 15) is 9.59 Å². The van der Waals surface area contributed by atoms with E-state index >= 15 is 0 Å². The van der Waals surface area contributed by atoms with Gasteiger partial charge in [-0.15, -0.1) is 11.3 Å². The molecule has 1 N–H and O–H groups in total. The zero-order valence-corrected chi connectivity index (χ0v) is 12.4. The molecule has 4 nitrogen and oxygen atoms in total. The summed E-state index contributed by atoms with van der Waals surface area (Å²) in [7, 11) is 0. The molecule has 0 aliphatic carbocycles. The van der Waals surface area contributed by atoms with Gasteiger partial charge >= 0.3 is 0 Å². The van der Waals surface area contributed by atoms with Crippen LogP contribution < -0.4 is 10.1 Å². The fourth-order valence-corrected chi connectivity index (χ4v) is 3.17. The average Bonchev–Trinajstić information content (AvgIpc) is 2.98. The van der Waals surface area contributed by atoms with Gasteiger partial charge in [0.2, 0.25) is 0 Å². The Balaban J connectivity index is 1.77. The number of nitrogens with one attached hydrogen (secondary N) is 1. The van der Waals surface area contributed by atoms with E-state index in [-0.39, 0.29) is 17.7 Å². The van der Waals surface area contributed by atoms with Crippen molar-refractivity contribution in [3.8, 4) is 5.75 Å². The minimum atomic E-state index is -0.144. The molecule has 0 spiro atoms. The average molecular weight is 301 g/mol. The predicted octanol–water partition coefficient (Wildman–Crippen LogP) is 3.20. The molecule has 1 aromatic heterocycles. The van der Waals surface area contributed by atoms with E-state index in [0.29, 0.717) is 16.4 Å². The SMILES string of the molecule is CC(=O)c1ccc(C(=O)NC2CCOc3ccccc32)s1. The van der Waals surface area contributed by atoms with Crippen molar-refractivity contribution in [3.05, 3.63) is 51.7 Å². The first-order valence-corrected chi connectivity index (χ1v) is 7.60. The fraction of sp³-hybridized carbons (Fsp3) is 0.250. The molecule has 0 bridgehead atoms. The Morgan fingerprint density at radius 3 is 2.71 bits per heavy atom. The molecule has 108 valence electrons. The molecular formula is C16H15NO3S. The predicted molar refractivity (Wildman–Crippen MR) is 81.1 cm³/mol. The largest absolute Gasteiger partial charge is 0.493 e. The van der Waals surface area contributed by atoms with Gasteiger partial charge in [0.15, 0.2) is 5.78 Å². The van der Waals surface area contributed by atoms with Gasteiger partial charge in [-0.25, -0.2) is 0 Å². The van der Waals surface area contributed by atoms with Gasteiger partial charge in [0.1, 0.15) is 5.75 Å². The molecule has 5 heteroatoms. The number of ether oxygens (including phenoxy) is 1. The summed E-state index contributed by atoms with van der Waals surface area (Å²) < 4.78 is 5.58. The zero-order chi connectivity index (χ0) is 14.8. The molecule has 0 saturated carbocycles. The zero-order valence-electron chi connectivity index (χ0n) is 11.6. The first-order chi connectivity index (χ1) is 10.1. The Hall–Kier alpha value is -2.14. The highest BCUT2D eigenvalue weighted by atomic mass is 32.1. The van der Waals surface area contributed by atoms with Crippen LogP contribution in [0.25, 0.3) is 0 Å². The van der Waals surface area contributed by atoms with Gasteiger partial charge in [-0.05, 0) is 25.1 Å². The van der Waals surface area contributed by atoms with Gasteiger partial charge in [-0.3, -0.25) is 9.59 Å². The molecule has 2 heterocycles. The molecule has 3 rings (SSSR count). The number of carbonyl (C=O) groups excluding carboxylic acids is 2. The van der Waals surface area contributed by atoms with Crippen LogP contribution in [-0.2, 0) is 0 Å². The first-order valence-electron chi connectivity index (χ1n) is 6.78. The Kier molecular flexibility index (Phi) is 3.75. The second-order valence-corrected chi connectivity index (χ2v) is 6.00. The van der Waals surface area contributed by atoms with Crippen molar-refractivity contribution in [2.75, 3.05) is 6.61 Å². The number of rotatable bonds is 3. The molecule has 1 aliphatic rings. The summed E-state index contributed by atoms with van der Waals surface area (Å²) in [6, 6.07) is 11.1. The molecule has 1 aliphatic heterocycles. The molecule has 0 fully saturated rings. The van der Waals surface area contributed by atoms with Crippen LogP contribution in [0.15, 0.2) is 36.4 Å². The number of benzene rings is 1. The van der Waals surface area contributed by atoms with Gasteiger partial charge in [0, 0.05) is 12.0 Å². The van der Waals surface area contributed by atoms with Crippen LogP contribution >= 0.6 is 11.3 Å². The summed E-state index contributed by atoms with van der Waals surface area (Å²) >= 11 is 1.23. The van der Waals surface area contributed by atoms with E-state index in [0.717, 1.165) is 17.7 Å². The smallest absolute Gasteiger partial charge is 0.261 e. The van der Waals surface area contributed by atoms with E-state index < -0.39 is 0 Å². The van der Waals surface area contributed by atoms with Gasteiger partial charge in [0.25, 0.3) is 5.91 Å². The molecule has 0 radical (unpaired) electrons. The normalized spacial score (nSPS) is 16.7. The lowest BCUT2D eigenvalue weighted by molar-refractivity contribution is 0.0928. The number of Topliss-reactive ketones (excluding diaryl/α,β-unsaturated/α-hetero) is 1. The van der Waals surface area contributed by atoms with Crippen molar-refractivity contribution >= 4 is 23.0 Å². The number of para-hydroxylation sites is 1. The number of amides is 1. The van der Waals surface area contributed by atoms with Crippen molar-refractivity contribution < 1.29 is 14.3 Å². The number of hydrogen-bond donors (Lipinski definition) is 1. The van der Waals surface area contributed by atoms with E-state index in [1.54, 1.807) is 12.1 Å². The molecule has 21 heavy (non-hydrogen) atoms. The van der Waals surface area contributed by atoms with Crippen LogP contribution in [0, 0.1) is 0 Å². The minimum Gasteiger partial charge on any atom is -0.493 e. The monoisotopic (exact) mass is 301 g/mol. The van der Waals surface area contributed by atoms with Gasteiger partial charge < -0.3 is 10.1 Å². The third kappa shape index (κ3) is 2.83. The molecule has 2 aromatic rings. The van der Waals surface area contributed by atoms with Crippen molar-refractivity contribution in [1.82, 2.24) is 5.32 Å². The van der Waals surface area contributed by atoms with Crippen molar-refractivity contribution in [1.29, 1.82) is 0 Å². The summed E-state index contributed by atoms with van der Waals surface area (Å²) in [6.45, 7) is 2.09. The molecule has 1 unspecified atom stereocenters. The molecule has 0 saturated heterocycles. The van der Waals surface area contributed by atoms with Crippen molar-refractivity contribution in [3.63, 3.8) is 0 Å². The molecule has 1 amide bonds. The maximum absolute atomic E-state index is 12.3. The second kappa shape index (κ2) is 5.69. The highest BCUT2D eigenvalue weighted by Gasteiger charge is 2.23. The summed E-state index contributed by atoms with van der Waals surface area (Å²) in [5.74, 6) is 0.661. The van der Waals surface area contributed by atoms with Crippen LogP contribution in [0.1, 0.15) is 44.3 Å². The number of carbonyl (C=O) groups is 2. The van der Waals surface area contributed by atoms with Crippen molar-refractivity contribution in [2.24, 2.45) is 0 Å². The second-order valence-electron chi connectivity index (χ2n) is 4.92. The number of hydrogen-bond acceptors (Lipinski definition) is 4. The Morgan fingerprint density at radius 1 is 1.19 bits per heavy atom. The van der Waals surface area contributed by atoms with Gasteiger partial charge in [-0.1, -0.05) is 18.2 Å². The van der Waals surface area contributed by atoms with E-state index in [1.165, 1.54) is 18.3 Å². The number of fused-ring (bicyclic) bond motifs is 1. The topological polar surface area (TPSA) is 55.4 Å². The number of thiophene rings is 1. The third-order valence-corrected chi connectivity index (χ3v) is 4.63. The third-order valence-electron chi connectivity index (χ3n) is 3.44. The van der Waals surface area contributed by atoms with Crippen LogP contribution in [0.3, 0.4) is 0 Å². The maximum Gasteiger partial charge on any atom is 0.261 e. The highest BCUT2D eigenvalue weighted by Crippen LogP contribution is 2.32. The Labute approximate surface area is 126 Å². The molecule has 1 atom stereocenters. The maximum atomic E-state index is 12.3. The minimum absolute atomic E-state index is 0.0181. The lowest BCUT2D eigenvalue weighted by atomic mass is 10.0. The molecular weight excluding hydrogens is 286 g/mol. The fourth-order valence-electron chi connectivity index (χ4n) is 2.37. The van der Waals surface area contributed by atoms with Gasteiger partial charge in [-0.2, -0.15) is 0 Å². The van der Waals surface area contributed by atoms with E-state index in [4.69, 9.17) is 4.74 Å². The first kappa shape index (κ1) is 13.8. The van der Waals surface area contributed by atoms with Crippen LogP contribution in [0.4, 0.5) is 0 Å². The van der Waals surface area contributed by atoms with Gasteiger partial charge in [0.05, 0.1) is 22.4 Å². The van der Waals surface area contributed by atoms with E-state index in [1.807, 2.05) is 24.3 Å². The highest BCUT2D eigenvalue weighted by molar-refractivity contribution is 7.15. The standard InChI is InChI=1S/C16H15NO3S/c1-10(18)14-6-7-15(21-14)16(19)17-12-8-9-20-13-5-3-2-4-11(12)13/h2-7,12H,8-9H2,1H3,(H,17,19). The molecule has 1 aromatic carbocycles. The summed E-state index contributed by atoms with van der Waals surface area (Å²) in [4.78, 5) is 24.8. The summed E-state index contributed by atoms with van der Waals surface area (Å²) in [5.41, 5.74) is 1.00. The van der Waals surface area contributed by atoms with Crippen LogP contribution in [-0.4, -0.2) is 18.3 Å². The summed E-state index contributed by atoms with van der Waals surface area (Å²) in [5, 5.41) is 3.02. The lowest BCUT2D eigenvalue weighted by Gasteiger charge is -2.26. The van der Waals surface area contributed by atoms with E-state index in [2.05, 4.69) is 5.32 Å². The summed E-state index contributed by atoms with van der Waals surface area (Å²) in [6.07, 6.45) is 0.744. The lowest BCUT2D eigenvalue weighted by Crippen LogP contribution is -2.31.